The molecule has 2 aliphatic rings. The summed E-state index contributed by atoms with van der Waals surface area (Å²) in [7, 11) is 0. The molecule has 4 atom stereocenters. The first-order valence-electron chi connectivity index (χ1n) is 6.87. The standard InChI is InChI=1S/C15H16ClNO4/c16-9-3-1-2-8(6-9)7-21-14(20)15(17)5-4-10-11(12(10)15)13(18)19/h1-3,6,10-12H,4-5,7,17H2,(H,18,19)/t10-,11-,12-,15-/m0/s1. The molecule has 0 bridgehead atoms. The number of nitrogens with two attached hydrogens (primary N) is 1. The van der Waals surface area contributed by atoms with Crippen molar-refractivity contribution in [3.05, 3.63) is 34.9 Å². The van der Waals surface area contributed by atoms with Crippen molar-refractivity contribution in [1.29, 1.82) is 0 Å². The number of halogens is 1. The van der Waals surface area contributed by atoms with Gasteiger partial charge in [-0.1, -0.05) is 23.7 Å². The fraction of sp³-hybridized carbons (Fsp3) is 0.467. The Labute approximate surface area is 127 Å². The molecule has 2 fully saturated rings. The lowest BCUT2D eigenvalue weighted by Crippen LogP contribution is -2.50. The van der Waals surface area contributed by atoms with Gasteiger partial charge in [0.2, 0.25) is 0 Å². The van der Waals surface area contributed by atoms with E-state index in [-0.39, 0.29) is 18.4 Å². The van der Waals surface area contributed by atoms with Crippen LogP contribution in [0.3, 0.4) is 0 Å². The van der Waals surface area contributed by atoms with Gasteiger partial charge in [0, 0.05) is 10.9 Å². The average Bonchev–Trinajstić information content (AvgIpc) is 3.09. The van der Waals surface area contributed by atoms with Crippen LogP contribution in [0.2, 0.25) is 5.02 Å². The summed E-state index contributed by atoms with van der Waals surface area (Å²) in [6.45, 7) is 0.0907. The summed E-state index contributed by atoms with van der Waals surface area (Å²) < 4.78 is 5.28. The van der Waals surface area contributed by atoms with E-state index in [2.05, 4.69) is 0 Å². The van der Waals surface area contributed by atoms with Crippen molar-refractivity contribution in [3.8, 4) is 0 Å². The van der Waals surface area contributed by atoms with Crippen molar-refractivity contribution in [1.82, 2.24) is 0 Å². The molecule has 3 rings (SSSR count). The predicted molar refractivity (Wildman–Crippen MR) is 75.5 cm³/mol. The van der Waals surface area contributed by atoms with Crippen LogP contribution in [0, 0.1) is 17.8 Å². The van der Waals surface area contributed by atoms with Gasteiger partial charge in [-0.2, -0.15) is 0 Å². The molecule has 5 nitrogen and oxygen atoms in total. The van der Waals surface area contributed by atoms with Crippen LogP contribution in [0.4, 0.5) is 0 Å². The van der Waals surface area contributed by atoms with Crippen molar-refractivity contribution >= 4 is 23.5 Å². The first-order chi connectivity index (χ1) is 9.93. The van der Waals surface area contributed by atoms with Crippen LogP contribution < -0.4 is 5.73 Å². The maximum atomic E-state index is 12.3. The molecular weight excluding hydrogens is 294 g/mol. The van der Waals surface area contributed by atoms with Crippen LogP contribution in [-0.4, -0.2) is 22.6 Å². The monoisotopic (exact) mass is 309 g/mol. The molecule has 1 aromatic carbocycles. The molecule has 2 aliphatic carbocycles. The van der Waals surface area contributed by atoms with Gasteiger partial charge >= 0.3 is 11.9 Å². The number of carboxylic acid groups (broad SMARTS) is 1. The normalized spacial score (nSPS) is 33.3. The number of carbonyl (C=O) groups is 2. The summed E-state index contributed by atoms with van der Waals surface area (Å²) >= 11 is 5.87. The third-order valence-electron chi connectivity index (χ3n) is 4.58. The number of ether oxygens (including phenoxy) is 1. The van der Waals surface area contributed by atoms with Gasteiger partial charge in [-0.05, 0) is 36.5 Å². The molecule has 0 unspecified atom stereocenters. The van der Waals surface area contributed by atoms with E-state index in [4.69, 9.17) is 27.2 Å². The number of esters is 1. The van der Waals surface area contributed by atoms with Crippen molar-refractivity contribution in [3.63, 3.8) is 0 Å². The van der Waals surface area contributed by atoms with Gasteiger partial charge in [0.05, 0.1) is 5.92 Å². The molecular formula is C15H16ClNO4. The predicted octanol–water partition coefficient (Wildman–Crippen LogP) is 1.82. The van der Waals surface area contributed by atoms with Crippen molar-refractivity contribution in [2.75, 3.05) is 0 Å². The lowest BCUT2D eigenvalue weighted by molar-refractivity contribution is -0.152. The fourth-order valence-corrected chi connectivity index (χ4v) is 3.71. The number of rotatable bonds is 4. The Morgan fingerprint density at radius 1 is 1.48 bits per heavy atom. The minimum atomic E-state index is -1.16. The molecule has 21 heavy (non-hydrogen) atoms. The number of fused-ring (bicyclic) bond motifs is 1. The highest BCUT2D eigenvalue weighted by molar-refractivity contribution is 6.30. The van der Waals surface area contributed by atoms with Gasteiger partial charge in [0.15, 0.2) is 0 Å². The summed E-state index contributed by atoms with van der Waals surface area (Å²) in [5.74, 6) is -2.16. The van der Waals surface area contributed by atoms with Crippen LogP contribution >= 0.6 is 11.6 Å². The lowest BCUT2D eigenvalue weighted by Gasteiger charge is -2.24. The zero-order chi connectivity index (χ0) is 15.2. The Kier molecular flexibility index (Phi) is 3.42. The summed E-state index contributed by atoms with van der Waals surface area (Å²) in [6.07, 6.45) is 1.16. The minimum Gasteiger partial charge on any atom is -0.481 e. The Hall–Kier alpha value is -1.59. The highest BCUT2D eigenvalue weighted by Gasteiger charge is 2.70. The van der Waals surface area contributed by atoms with Gasteiger partial charge in [-0.3, -0.25) is 9.59 Å². The third-order valence-corrected chi connectivity index (χ3v) is 4.81. The molecule has 0 amide bonds. The number of aliphatic carboxylic acids is 1. The maximum absolute atomic E-state index is 12.3. The number of carbonyl (C=O) groups excluding carboxylic acids is 1. The minimum absolute atomic E-state index is 0.0196. The molecule has 0 aromatic heterocycles. The van der Waals surface area contributed by atoms with Gasteiger partial charge < -0.3 is 15.6 Å². The summed E-state index contributed by atoms with van der Waals surface area (Å²) in [5.41, 5.74) is 5.76. The number of hydrogen-bond donors (Lipinski definition) is 2. The highest BCUT2D eigenvalue weighted by atomic mass is 35.5. The van der Waals surface area contributed by atoms with Crippen molar-refractivity contribution in [2.45, 2.75) is 25.0 Å². The van der Waals surface area contributed by atoms with E-state index in [9.17, 15) is 9.59 Å². The zero-order valence-corrected chi connectivity index (χ0v) is 12.0. The van der Waals surface area contributed by atoms with E-state index in [1.165, 1.54) is 0 Å². The second-order valence-electron chi connectivity index (χ2n) is 5.84. The summed E-state index contributed by atoms with van der Waals surface area (Å²) in [5, 5.41) is 9.66. The Balaban J connectivity index is 1.64. The first-order valence-corrected chi connectivity index (χ1v) is 7.24. The summed E-state index contributed by atoms with van der Waals surface area (Å²) in [4.78, 5) is 23.3. The van der Waals surface area contributed by atoms with E-state index in [1.807, 2.05) is 0 Å². The topological polar surface area (TPSA) is 89.6 Å². The third kappa shape index (κ3) is 2.40. The lowest BCUT2D eigenvalue weighted by atomic mass is 9.91. The van der Waals surface area contributed by atoms with Crippen LogP contribution in [-0.2, 0) is 20.9 Å². The van der Waals surface area contributed by atoms with E-state index in [1.54, 1.807) is 24.3 Å². The van der Waals surface area contributed by atoms with Gasteiger partial charge in [0.1, 0.15) is 12.1 Å². The van der Waals surface area contributed by atoms with Crippen LogP contribution in [0.5, 0.6) is 0 Å². The molecule has 0 radical (unpaired) electrons. The van der Waals surface area contributed by atoms with Crippen LogP contribution in [0.25, 0.3) is 0 Å². The zero-order valence-electron chi connectivity index (χ0n) is 11.3. The highest BCUT2D eigenvalue weighted by Crippen LogP contribution is 2.61. The SMILES string of the molecule is N[C@@]1(C(=O)OCc2cccc(Cl)c2)CC[C@H]2[C@H](C(=O)O)[C@H]21. The summed E-state index contributed by atoms with van der Waals surface area (Å²) in [6, 6.07) is 7.03. The molecule has 0 aliphatic heterocycles. The van der Waals surface area contributed by atoms with Crippen LogP contribution in [0.15, 0.2) is 24.3 Å². The Morgan fingerprint density at radius 2 is 2.24 bits per heavy atom. The van der Waals surface area contributed by atoms with Gasteiger partial charge in [-0.15, -0.1) is 0 Å². The van der Waals surface area contributed by atoms with Crippen molar-refractivity contribution < 1.29 is 19.4 Å². The molecule has 112 valence electrons. The van der Waals surface area contributed by atoms with Gasteiger partial charge in [-0.25, -0.2) is 0 Å². The quantitative estimate of drug-likeness (QED) is 0.828. The average molecular weight is 310 g/mol. The first kappa shape index (κ1) is 14.4. The van der Waals surface area contributed by atoms with E-state index in [0.717, 1.165) is 5.56 Å². The number of carboxylic acids is 1. The molecule has 0 heterocycles. The second kappa shape index (κ2) is 5.00. The van der Waals surface area contributed by atoms with E-state index < -0.39 is 23.4 Å². The Bertz CT molecular complexity index is 605. The van der Waals surface area contributed by atoms with Crippen molar-refractivity contribution in [2.24, 2.45) is 23.5 Å². The second-order valence-corrected chi connectivity index (χ2v) is 6.28. The number of benzene rings is 1. The smallest absolute Gasteiger partial charge is 0.326 e. The maximum Gasteiger partial charge on any atom is 0.326 e. The molecule has 6 heteroatoms. The Morgan fingerprint density at radius 3 is 2.86 bits per heavy atom. The molecule has 0 saturated heterocycles. The molecule has 2 saturated carbocycles. The van der Waals surface area contributed by atoms with E-state index >= 15 is 0 Å². The molecule has 3 N–H and O–H groups in total. The van der Waals surface area contributed by atoms with E-state index in [0.29, 0.717) is 17.9 Å². The fourth-order valence-electron chi connectivity index (χ4n) is 3.49. The van der Waals surface area contributed by atoms with Gasteiger partial charge in [0.25, 0.3) is 0 Å². The molecule has 1 aromatic rings. The van der Waals surface area contributed by atoms with Crippen LogP contribution in [0.1, 0.15) is 18.4 Å². The largest absolute Gasteiger partial charge is 0.481 e. The molecule has 0 spiro atoms. The number of hydrogen-bond acceptors (Lipinski definition) is 4.